The summed E-state index contributed by atoms with van der Waals surface area (Å²) in [4.78, 5) is 37.3. The lowest BCUT2D eigenvalue weighted by molar-refractivity contribution is -0.870. The van der Waals surface area contributed by atoms with Gasteiger partial charge in [0.2, 0.25) is 0 Å². The molecule has 2 unspecified atom stereocenters. The van der Waals surface area contributed by atoms with Gasteiger partial charge in [-0.1, -0.05) is 264 Å². The molecule has 2 atom stereocenters. The molecule has 9 heteroatoms. The van der Waals surface area contributed by atoms with Gasteiger partial charge in [0.15, 0.2) is 12.4 Å². The van der Waals surface area contributed by atoms with Crippen LogP contribution in [0, 0.1) is 0 Å². The maximum absolute atomic E-state index is 12.9. The molecule has 9 nitrogen and oxygen atoms in total. The van der Waals surface area contributed by atoms with Crippen LogP contribution in [0.5, 0.6) is 0 Å². The van der Waals surface area contributed by atoms with Crippen molar-refractivity contribution in [2.24, 2.45) is 0 Å². The molecule has 0 heterocycles. The summed E-state index contributed by atoms with van der Waals surface area (Å²) in [5.41, 5.74) is 0. The van der Waals surface area contributed by atoms with Crippen LogP contribution in [0.1, 0.15) is 258 Å². The maximum Gasteiger partial charge on any atom is 0.306 e. The Morgan fingerprint density at radius 3 is 0.988 bits per heavy atom. The Labute approximate surface area is 497 Å². The summed E-state index contributed by atoms with van der Waals surface area (Å²) in [7, 11) is 5.91. The minimum atomic E-state index is -1.63. The van der Waals surface area contributed by atoms with Crippen molar-refractivity contribution in [3.8, 4) is 0 Å². The van der Waals surface area contributed by atoms with E-state index in [-0.39, 0.29) is 38.6 Å². The number of ether oxygens (including phenoxy) is 4. The third-order valence-electron chi connectivity index (χ3n) is 13.7. The molecule has 0 aliphatic carbocycles. The average molecular weight is 1130 g/mol. The van der Waals surface area contributed by atoms with Gasteiger partial charge in [-0.05, 0) is 103 Å². The number of aliphatic carboxylic acids is 1. The monoisotopic (exact) mass is 1130 g/mol. The molecule has 0 N–H and O–H groups in total. The van der Waals surface area contributed by atoms with E-state index in [2.05, 4.69) is 135 Å². The third-order valence-corrected chi connectivity index (χ3v) is 13.7. The first kappa shape index (κ1) is 76.7. The minimum Gasteiger partial charge on any atom is -0.545 e. The second-order valence-corrected chi connectivity index (χ2v) is 22.6. The lowest BCUT2D eigenvalue weighted by Gasteiger charge is -2.26. The average Bonchev–Trinajstić information content (AvgIpc) is 3.44. The standard InChI is InChI=1S/C72H121NO8/c1-6-8-10-12-14-16-18-20-22-23-24-25-26-27-28-29-30-31-32-33-34-35-36-37-38-39-40-41-42-43-44-45-46-47-49-51-53-55-57-59-61-63-70(75)81-68(67-80-72(71(76)77)78-65-64-73(3,4)5)66-79-69(74)62-60-58-56-54-52-50-48-21-19-17-15-13-11-9-7-2/h8-11,14-17,20-22,24-25,27-28,30-31,33-34,48,68,72H,6-7,12-13,18-19,23,26,29,32,35-47,49-67H2,1-5H3/b10-8-,11-9-,16-14-,17-15-,22-20-,25-24-,28-27-,31-30-,34-33-,48-21-. The van der Waals surface area contributed by atoms with Crippen LogP contribution in [0.2, 0.25) is 0 Å². The number of nitrogens with zero attached hydrogens (tertiary/aromatic N) is 1. The molecule has 0 aromatic carbocycles. The Bertz CT molecular complexity index is 1740. The van der Waals surface area contributed by atoms with Gasteiger partial charge in [0, 0.05) is 12.8 Å². The second kappa shape index (κ2) is 61.8. The lowest BCUT2D eigenvalue weighted by Crippen LogP contribution is -2.44. The van der Waals surface area contributed by atoms with Crippen molar-refractivity contribution in [3.63, 3.8) is 0 Å². The molecule has 0 saturated heterocycles. The first-order valence-corrected chi connectivity index (χ1v) is 32.7. The summed E-state index contributed by atoms with van der Waals surface area (Å²) in [6, 6.07) is 0. The highest BCUT2D eigenvalue weighted by atomic mass is 16.7. The molecule has 81 heavy (non-hydrogen) atoms. The van der Waals surface area contributed by atoms with Crippen molar-refractivity contribution < 1.29 is 42.9 Å². The number of allylic oxidation sites excluding steroid dienone is 20. The van der Waals surface area contributed by atoms with Gasteiger partial charge in [-0.2, -0.15) is 0 Å². The number of carboxylic acid groups (broad SMARTS) is 1. The summed E-state index contributed by atoms with van der Waals surface area (Å²) in [6.07, 6.45) is 84.3. The summed E-state index contributed by atoms with van der Waals surface area (Å²) in [5, 5.41) is 11.8. The third kappa shape index (κ3) is 63.1. The highest BCUT2D eigenvalue weighted by Crippen LogP contribution is 2.17. The number of unbranched alkanes of at least 4 members (excludes halogenated alkanes) is 24. The first-order valence-electron chi connectivity index (χ1n) is 32.7. The zero-order chi connectivity index (χ0) is 59.1. The van der Waals surface area contributed by atoms with E-state index in [1.807, 2.05) is 21.1 Å². The molecule has 0 amide bonds. The number of esters is 2. The Morgan fingerprint density at radius 2 is 0.667 bits per heavy atom. The smallest absolute Gasteiger partial charge is 0.306 e. The van der Waals surface area contributed by atoms with Crippen molar-refractivity contribution >= 4 is 17.9 Å². The van der Waals surface area contributed by atoms with Crippen LogP contribution in [-0.2, 0) is 33.3 Å². The van der Waals surface area contributed by atoms with Gasteiger partial charge in [-0.15, -0.1) is 0 Å². The van der Waals surface area contributed by atoms with E-state index in [0.29, 0.717) is 23.9 Å². The Kier molecular flexibility index (Phi) is 58.5. The van der Waals surface area contributed by atoms with Crippen LogP contribution in [0.25, 0.3) is 0 Å². The van der Waals surface area contributed by atoms with Gasteiger partial charge < -0.3 is 33.3 Å². The van der Waals surface area contributed by atoms with Crippen LogP contribution in [0.4, 0.5) is 0 Å². The molecule has 0 bridgehead atoms. The highest BCUT2D eigenvalue weighted by molar-refractivity contribution is 5.70. The lowest BCUT2D eigenvalue weighted by atomic mass is 10.0. The topological polar surface area (TPSA) is 111 Å². The maximum atomic E-state index is 12.9. The molecule has 0 fully saturated rings. The number of hydrogen-bond donors (Lipinski definition) is 0. The summed E-state index contributed by atoms with van der Waals surface area (Å²) in [6.45, 7) is 4.50. The number of rotatable bonds is 59. The van der Waals surface area contributed by atoms with Crippen LogP contribution in [0.3, 0.4) is 0 Å². The summed E-state index contributed by atoms with van der Waals surface area (Å²) < 4.78 is 22.7. The number of hydrogen-bond acceptors (Lipinski definition) is 8. The quantitative estimate of drug-likeness (QED) is 0.0195. The molecular weight excluding hydrogens is 1010 g/mol. The second-order valence-electron chi connectivity index (χ2n) is 22.6. The van der Waals surface area contributed by atoms with Gasteiger partial charge in [0.25, 0.3) is 0 Å². The Hall–Kier alpha value is -4.31. The van der Waals surface area contributed by atoms with Crippen molar-refractivity contribution in [1.82, 2.24) is 0 Å². The van der Waals surface area contributed by atoms with Gasteiger partial charge in [-0.3, -0.25) is 9.59 Å². The van der Waals surface area contributed by atoms with E-state index in [1.54, 1.807) is 0 Å². The Morgan fingerprint density at radius 1 is 0.370 bits per heavy atom. The predicted octanol–water partition coefficient (Wildman–Crippen LogP) is 18.7. The number of likely N-dealkylation sites (N-methyl/N-ethyl adjacent to an activating group) is 1. The number of carbonyl (C=O) groups excluding carboxylic acids is 3. The van der Waals surface area contributed by atoms with Gasteiger partial charge >= 0.3 is 11.9 Å². The first-order chi connectivity index (χ1) is 39.6. The van der Waals surface area contributed by atoms with Crippen LogP contribution in [-0.4, -0.2) is 82.3 Å². The molecule has 0 radical (unpaired) electrons. The van der Waals surface area contributed by atoms with E-state index in [0.717, 1.165) is 116 Å². The summed E-state index contributed by atoms with van der Waals surface area (Å²) >= 11 is 0. The zero-order valence-electron chi connectivity index (χ0n) is 52.6. The number of carbonyl (C=O) groups is 3. The van der Waals surface area contributed by atoms with Crippen molar-refractivity contribution in [3.05, 3.63) is 122 Å². The van der Waals surface area contributed by atoms with E-state index in [9.17, 15) is 19.5 Å². The number of quaternary nitrogens is 1. The van der Waals surface area contributed by atoms with Crippen LogP contribution < -0.4 is 5.11 Å². The molecule has 462 valence electrons. The van der Waals surface area contributed by atoms with Crippen molar-refractivity contribution in [2.75, 3.05) is 47.5 Å². The molecule has 0 rings (SSSR count). The fourth-order valence-corrected chi connectivity index (χ4v) is 8.77. The fraction of sp³-hybridized carbons (Fsp3) is 0.681. The van der Waals surface area contributed by atoms with E-state index in [4.69, 9.17) is 18.9 Å². The largest absolute Gasteiger partial charge is 0.545 e. The van der Waals surface area contributed by atoms with Gasteiger partial charge in [0.05, 0.1) is 40.3 Å². The van der Waals surface area contributed by atoms with Crippen LogP contribution in [0.15, 0.2) is 122 Å². The molecule has 0 saturated carbocycles. The Balaban J connectivity index is 4.02. The predicted molar refractivity (Wildman–Crippen MR) is 343 cm³/mol. The summed E-state index contributed by atoms with van der Waals surface area (Å²) in [5.74, 6) is -2.31. The SMILES string of the molecule is CC/C=C\C/C=C\C/C=C\C/C=C\C/C=C\C/C=C\C/C=C\CCCCCCCCCCCCCCCCCCCCCC(=O)OC(COC(=O)CCCCCCC/C=C\C/C=C\C/C=C\CC)COC(OCC[N+](C)(C)C)C(=O)[O-]. The molecule has 0 spiro atoms. The zero-order valence-corrected chi connectivity index (χ0v) is 52.6. The van der Waals surface area contributed by atoms with Crippen molar-refractivity contribution in [2.45, 2.75) is 270 Å². The van der Waals surface area contributed by atoms with E-state index < -0.39 is 24.3 Å². The molecule has 0 aromatic heterocycles. The molecule has 0 aromatic rings. The minimum absolute atomic E-state index is 0.141. The van der Waals surface area contributed by atoms with Crippen molar-refractivity contribution in [1.29, 1.82) is 0 Å². The van der Waals surface area contributed by atoms with Gasteiger partial charge in [0.1, 0.15) is 13.2 Å². The van der Waals surface area contributed by atoms with E-state index >= 15 is 0 Å². The molecule has 0 aliphatic heterocycles. The van der Waals surface area contributed by atoms with Gasteiger partial charge in [-0.25, -0.2) is 0 Å². The fourth-order valence-electron chi connectivity index (χ4n) is 8.77. The molecular formula is C72H121NO8. The highest BCUT2D eigenvalue weighted by Gasteiger charge is 2.22. The molecule has 0 aliphatic rings. The van der Waals surface area contributed by atoms with Crippen LogP contribution >= 0.6 is 0 Å². The number of carboxylic acids is 1. The normalized spacial score (nSPS) is 13.5. The van der Waals surface area contributed by atoms with E-state index in [1.165, 1.54) is 103 Å².